The highest BCUT2D eigenvalue weighted by Crippen LogP contribution is 2.15. The zero-order chi connectivity index (χ0) is 11.9. The van der Waals surface area contributed by atoms with Crippen molar-refractivity contribution in [3.8, 4) is 0 Å². The van der Waals surface area contributed by atoms with Gasteiger partial charge in [0.2, 0.25) is 5.56 Å². The van der Waals surface area contributed by atoms with Gasteiger partial charge in [-0.25, -0.2) is 0 Å². The Labute approximate surface area is 92.1 Å². The Morgan fingerprint density at radius 2 is 2.12 bits per heavy atom. The van der Waals surface area contributed by atoms with Crippen LogP contribution in [0.25, 0.3) is 11.0 Å². The second-order valence-corrected chi connectivity index (χ2v) is 4.11. The number of fused-ring (bicyclic) bond motifs is 1. The van der Waals surface area contributed by atoms with Gasteiger partial charge in [-0.05, 0) is 25.8 Å². The van der Waals surface area contributed by atoms with Crippen LogP contribution in [-0.4, -0.2) is 14.8 Å². The lowest BCUT2D eigenvalue weighted by Gasteiger charge is -2.11. The summed E-state index contributed by atoms with van der Waals surface area (Å²) in [6, 6.07) is 1.60. The molecule has 0 saturated heterocycles. The second kappa shape index (κ2) is 3.66. The third-order valence-corrected chi connectivity index (χ3v) is 2.94. The average Bonchev–Trinajstić information content (AvgIpc) is 2.54. The van der Waals surface area contributed by atoms with E-state index in [4.69, 9.17) is 0 Å². The first-order valence-corrected chi connectivity index (χ1v) is 5.38. The van der Waals surface area contributed by atoms with Crippen LogP contribution in [-0.2, 0) is 0 Å². The van der Waals surface area contributed by atoms with Crippen molar-refractivity contribution in [1.82, 2.24) is 14.8 Å². The molecule has 0 aromatic carbocycles. The van der Waals surface area contributed by atoms with Crippen molar-refractivity contribution >= 4 is 11.0 Å². The van der Waals surface area contributed by atoms with Gasteiger partial charge in [0.25, 0.3) is 5.56 Å². The molecule has 0 aliphatic rings. The van der Waals surface area contributed by atoms with Crippen molar-refractivity contribution in [1.29, 1.82) is 0 Å². The first-order chi connectivity index (χ1) is 7.54. The van der Waals surface area contributed by atoms with E-state index >= 15 is 0 Å². The van der Waals surface area contributed by atoms with Crippen LogP contribution in [0.1, 0.15) is 31.9 Å². The van der Waals surface area contributed by atoms with Crippen LogP contribution >= 0.6 is 0 Å². The van der Waals surface area contributed by atoms with E-state index in [1.807, 2.05) is 13.8 Å². The number of H-pyrrole nitrogens is 2. The highest BCUT2D eigenvalue weighted by atomic mass is 16.1. The van der Waals surface area contributed by atoms with Crippen LogP contribution in [0.3, 0.4) is 0 Å². The lowest BCUT2D eigenvalue weighted by molar-refractivity contribution is 0.486. The summed E-state index contributed by atoms with van der Waals surface area (Å²) in [5.74, 6) is 0. The third kappa shape index (κ3) is 1.48. The second-order valence-electron chi connectivity index (χ2n) is 4.11. The molecule has 1 atom stereocenters. The molecular weight excluding hydrogens is 206 g/mol. The van der Waals surface area contributed by atoms with Crippen molar-refractivity contribution in [2.75, 3.05) is 0 Å². The molecule has 0 aliphatic carbocycles. The fourth-order valence-corrected chi connectivity index (χ4v) is 1.87. The van der Waals surface area contributed by atoms with Gasteiger partial charge in [-0.15, -0.1) is 0 Å². The van der Waals surface area contributed by atoms with E-state index in [1.54, 1.807) is 11.6 Å². The number of nitrogens with zero attached hydrogens (tertiary/aromatic N) is 1. The number of aromatic nitrogens is 3. The highest BCUT2D eigenvalue weighted by Gasteiger charge is 2.13. The number of hydrogen-bond donors (Lipinski definition) is 2. The molecule has 0 unspecified atom stereocenters. The Kier molecular flexibility index (Phi) is 2.46. The number of aromatic amines is 2. The lowest BCUT2D eigenvalue weighted by atomic mass is 10.2. The van der Waals surface area contributed by atoms with E-state index in [0.29, 0.717) is 16.6 Å². The molecule has 2 heterocycles. The summed E-state index contributed by atoms with van der Waals surface area (Å²) < 4.78 is 1.73. The molecule has 0 aliphatic heterocycles. The van der Waals surface area contributed by atoms with Gasteiger partial charge in [-0.3, -0.25) is 19.4 Å². The minimum Gasteiger partial charge on any atom is -0.307 e. The Morgan fingerprint density at radius 1 is 1.44 bits per heavy atom. The quantitative estimate of drug-likeness (QED) is 0.802. The Hall–Kier alpha value is -1.78. The van der Waals surface area contributed by atoms with E-state index < -0.39 is 0 Å². The van der Waals surface area contributed by atoms with Gasteiger partial charge >= 0.3 is 0 Å². The molecule has 16 heavy (non-hydrogen) atoms. The molecule has 0 fully saturated rings. The zero-order valence-corrected chi connectivity index (χ0v) is 9.63. The average molecular weight is 221 g/mol. The number of hydrogen-bond acceptors (Lipinski definition) is 2. The number of nitrogens with one attached hydrogen (secondary N) is 2. The monoisotopic (exact) mass is 221 g/mol. The van der Waals surface area contributed by atoms with E-state index in [9.17, 15) is 9.59 Å². The van der Waals surface area contributed by atoms with Crippen molar-refractivity contribution < 1.29 is 0 Å². The maximum absolute atomic E-state index is 11.8. The van der Waals surface area contributed by atoms with Gasteiger partial charge in [-0.1, -0.05) is 6.92 Å². The lowest BCUT2D eigenvalue weighted by Crippen LogP contribution is -2.11. The summed E-state index contributed by atoms with van der Waals surface area (Å²) in [6.07, 6.45) is 0.885. The SMILES string of the molecule is CC[C@@H](C)n1[nH]c(=O)c2c(C)cc(=O)[nH]c21. The largest absolute Gasteiger partial charge is 0.307 e. The standard InChI is InChI=1S/C11H15N3O2/c1-4-7(3)14-10-9(11(16)13-14)6(2)5-8(15)12-10/h5,7H,4H2,1-3H3,(H,12,15)(H,13,16)/t7-/m1/s1. The van der Waals surface area contributed by atoms with Gasteiger partial charge < -0.3 is 4.98 Å². The molecule has 2 aromatic heterocycles. The van der Waals surface area contributed by atoms with E-state index in [-0.39, 0.29) is 17.2 Å². The van der Waals surface area contributed by atoms with Gasteiger partial charge in [0.1, 0.15) is 5.65 Å². The summed E-state index contributed by atoms with van der Waals surface area (Å²) in [5.41, 5.74) is 0.969. The minimum atomic E-state index is -0.180. The fourth-order valence-electron chi connectivity index (χ4n) is 1.87. The molecule has 0 spiro atoms. The van der Waals surface area contributed by atoms with Crippen molar-refractivity contribution in [2.24, 2.45) is 0 Å². The molecule has 2 N–H and O–H groups in total. The van der Waals surface area contributed by atoms with Crippen LogP contribution in [0.2, 0.25) is 0 Å². The van der Waals surface area contributed by atoms with E-state index in [0.717, 1.165) is 6.42 Å². The minimum absolute atomic E-state index is 0.149. The summed E-state index contributed by atoms with van der Waals surface area (Å²) in [5, 5.41) is 3.33. The molecule has 5 heteroatoms. The topological polar surface area (TPSA) is 70.7 Å². The Bertz CT molecular complexity index is 633. The molecular formula is C11H15N3O2. The van der Waals surface area contributed by atoms with E-state index in [1.165, 1.54) is 6.07 Å². The van der Waals surface area contributed by atoms with Crippen LogP contribution in [0.15, 0.2) is 15.7 Å². The smallest absolute Gasteiger partial charge is 0.273 e. The van der Waals surface area contributed by atoms with Crippen molar-refractivity contribution in [2.45, 2.75) is 33.2 Å². The summed E-state index contributed by atoms with van der Waals surface area (Å²) in [7, 11) is 0. The Balaban J connectivity index is 2.89. The number of aryl methyl sites for hydroxylation is 1. The van der Waals surface area contributed by atoms with Gasteiger partial charge in [0.05, 0.1) is 5.39 Å². The van der Waals surface area contributed by atoms with Crippen LogP contribution in [0.5, 0.6) is 0 Å². The van der Waals surface area contributed by atoms with Gasteiger partial charge in [0.15, 0.2) is 0 Å². The molecule has 0 radical (unpaired) electrons. The predicted molar refractivity (Wildman–Crippen MR) is 62.9 cm³/mol. The predicted octanol–water partition coefficient (Wildman–Crippen LogP) is 1.30. The number of rotatable bonds is 2. The zero-order valence-electron chi connectivity index (χ0n) is 9.63. The molecule has 0 bridgehead atoms. The maximum Gasteiger partial charge on any atom is 0.273 e. The summed E-state index contributed by atoms with van der Waals surface area (Å²) >= 11 is 0. The molecule has 86 valence electrons. The normalized spacial score (nSPS) is 13.2. The van der Waals surface area contributed by atoms with Crippen LogP contribution in [0.4, 0.5) is 0 Å². The van der Waals surface area contributed by atoms with Crippen molar-refractivity contribution in [3.05, 3.63) is 32.3 Å². The third-order valence-electron chi connectivity index (χ3n) is 2.94. The summed E-state index contributed by atoms with van der Waals surface area (Å²) in [4.78, 5) is 25.9. The first-order valence-electron chi connectivity index (χ1n) is 5.38. The highest BCUT2D eigenvalue weighted by molar-refractivity contribution is 5.77. The Morgan fingerprint density at radius 3 is 2.75 bits per heavy atom. The fraction of sp³-hybridized carbons (Fsp3) is 0.455. The van der Waals surface area contributed by atoms with Crippen LogP contribution in [0, 0.1) is 6.92 Å². The molecule has 0 saturated carbocycles. The van der Waals surface area contributed by atoms with E-state index in [2.05, 4.69) is 10.1 Å². The molecule has 2 aromatic rings. The van der Waals surface area contributed by atoms with Crippen LogP contribution < -0.4 is 11.1 Å². The first kappa shape index (κ1) is 10.7. The number of pyridine rings is 1. The van der Waals surface area contributed by atoms with Gasteiger partial charge in [0, 0.05) is 12.1 Å². The maximum atomic E-state index is 11.8. The summed E-state index contributed by atoms with van der Waals surface area (Å²) in [6.45, 7) is 5.80. The molecule has 2 rings (SSSR count). The molecule has 5 nitrogen and oxygen atoms in total. The molecule has 0 amide bonds. The van der Waals surface area contributed by atoms with Gasteiger partial charge in [-0.2, -0.15) is 0 Å². The van der Waals surface area contributed by atoms with Crippen molar-refractivity contribution in [3.63, 3.8) is 0 Å².